The van der Waals surface area contributed by atoms with Crippen molar-refractivity contribution in [1.82, 2.24) is 0 Å². The first-order valence-electron chi connectivity index (χ1n) is 4.79. The molecule has 1 aromatic rings. The van der Waals surface area contributed by atoms with Gasteiger partial charge in [-0.3, -0.25) is 9.59 Å². The molecule has 0 bridgehead atoms. The van der Waals surface area contributed by atoms with Crippen molar-refractivity contribution >= 4 is 17.6 Å². The zero-order chi connectivity index (χ0) is 12.1. The van der Waals surface area contributed by atoms with E-state index in [0.717, 1.165) is 0 Å². The Morgan fingerprint density at radius 3 is 2.62 bits per heavy atom. The Bertz CT molecular complexity index is 403. The number of aliphatic carboxylic acids is 2. The summed E-state index contributed by atoms with van der Waals surface area (Å²) >= 11 is 0. The van der Waals surface area contributed by atoms with Gasteiger partial charge in [0.25, 0.3) is 0 Å². The molecule has 0 heterocycles. The molecule has 3 N–H and O–H groups in total. The number of carboxylic acids is 2. The molecule has 86 valence electrons. The summed E-state index contributed by atoms with van der Waals surface area (Å²) in [6, 6.07) is 6.73. The van der Waals surface area contributed by atoms with Crippen LogP contribution >= 0.6 is 0 Å². The van der Waals surface area contributed by atoms with E-state index in [1.54, 1.807) is 31.2 Å². The number of hydrogen-bond donors (Lipinski definition) is 3. The van der Waals surface area contributed by atoms with Crippen LogP contribution in [-0.4, -0.2) is 28.7 Å². The van der Waals surface area contributed by atoms with E-state index in [9.17, 15) is 9.59 Å². The molecule has 0 saturated heterocycles. The maximum absolute atomic E-state index is 10.8. The molecular formula is C11H13NO4. The van der Waals surface area contributed by atoms with Crippen LogP contribution in [0, 0.1) is 0 Å². The molecule has 0 aliphatic carbocycles. The smallest absolute Gasteiger partial charge is 0.322 e. The molecule has 1 atom stereocenters. The van der Waals surface area contributed by atoms with Crippen LogP contribution in [0.1, 0.15) is 18.4 Å². The van der Waals surface area contributed by atoms with Crippen molar-refractivity contribution in [2.24, 2.45) is 0 Å². The van der Waals surface area contributed by atoms with Gasteiger partial charge in [0.2, 0.25) is 0 Å². The Labute approximate surface area is 92.7 Å². The van der Waals surface area contributed by atoms with Crippen LogP contribution < -0.4 is 5.32 Å². The molecule has 0 aliphatic heterocycles. The summed E-state index contributed by atoms with van der Waals surface area (Å²) in [6.45, 7) is 1.39. The molecule has 0 fully saturated rings. The third-order valence-electron chi connectivity index (χ3n) is 2.20. The Kier molecular flexibility index (Phi) is 3.88. The van der Waals surface area contributed by atoms with Crippen LogP contribution in [0.15, 0.2) is 24.3 Å². The van der Waals surface area contributed by atoms with Crippen molar-refractivity contribution in [3.63, 3.8) is 0 Å². The summed E-state index contributed by atoms with van der Waals surface area (Å²) in [5.74, 6) is -2.47. The Morgan fingerprint density at radius 1 is 1.38 bits per heavy atom. The molecule has 0 saturated carbocycles. The highest BCUT2D eigenvalue weighted by atomic mass is 16.4. The summed E-state index contributed by atoms with van der Waals surface area (Å²) in [4.78, 5) is 21.1. The average Bonchev–Trinajstić information content (AvgIpc) is 2.25. The fraction of sp³-hybridized carbons (Fsp3) is 0.273. The van der Waals surface area contributed by atoms with Crippen molar-refractivity contribution in [1.29, 1.82) is 0 Å². The number of benzene rings is 1. The number of anilines is 1. The summed E-state index contributed by atoms with van der Waals surface area (Å²) < 4.78 is 0. The first-order valence-corrected chi connectivity index (χ1v) is 4.79. The molecule has 1 rings (SSSR count). The highest BCUT2D eigenvalue weighted by Crippen LogP contribution is 2.19. The van der Waals surface area contributed by atoms with E-state index in [-0.39, 0.29) is 6.54 Å². The van der Waals surface area contributed by atoms with Gasteiger partial charge in [-0.05, 0) is 24.6 Å². The minimum Gasteiger partial charge on any atom is -0.481 e. The first-order chi connectivity index (χ1) is 7.50. The van der Waals surface area contributed by atoms with Gasteiger partial charge in [-0.25, -0.2) is 0 Å². The monoisotopic (exact) mass is 223 g/mol. The Morgan fingerprint density at radius 2 is 2.06 bits per heavy atom. The van der Waals surface area contributed by atoms with E-state index in [2.05, 4.69) is 5.32 Å². The normalized spacial score (nSPS) is 11.8. The zero-order valence-electron chi connectivity index (χ0n) is 8.80. The molecule has 1 unspecified atom stereocenters. The standard InChI is InChI=1S/C11H13NO4/c1-7(11(15)16)8-3-2-4-9(5-8)12-6-10(13)14/h2-5,7,12H,6H2,1H3,(H,13,14)(H,15,16). The third-order valence-corrected chi connectivity index (χ3v) is 2.20. The van der Waals surface area contributed by atoms with Gasteiger partial charge >= 0.3 is 11.9 Å². The van der Waals surface area contributed by atoms with Gasteiger partial charge in [0.05, 0.1) is 5.92 Å². The van der Waals surface area contributed by atoms with E-state index in [4.69, 9.17) is 10.2 Å². The average molecular weight is 223 g/mol. The molecule has 0 aliphatic rings. The SMILES string of the molecule is CC(C(=O)O)c1cccc(NCC(=O)O)c1. The maximum Gasteiger partial charge on any atom is 0.322 e. The second-order valence-electron chi connectivity index (χ2n) is 3.43. The van der Waals surface area contributed by atoms with Crippen molar-refractivity contribution < 1.29 is 19.8 Å². The highest BCUT2D eigenvalue weighted by Gasteiger charge is 2.13. The summed E-state index contributed by atoms with van der Waals surface area (Å²) in [6.07, 6.45) is 0. The van der Waals surface area contributed by atoms with Crippen molar-refractivity contribution in [2.45, 2.75) is 12.8 Å². The molecule has 0 spiro atoms. The zero-order valence-corrected chi connectivity index (χ0v) is 8.80. The van der Waals surface area contributed by atoms with Crippen molar-refractivity contribution in [3.05, 3.63) is 29.8 Å². The highest BCUT2D eigenvalue weighted by molar-refractivity contribution is 5.76. The fourth-order valence-corrected chi connectivity index (χ4v) is 1.24. The van der Waals surface area contributed by atoms with Crippen LogP contribution in [-0.2, 0) is 9.59 Å². The van der Waals surface area contributed by atoms with Crippen LogP contribution in [0.5, 0.6) is 0 Å². The maximum atomic E-state index is 10.8. The van der Waals surface area contributed by atoms with Gasteiger partial charge in [0.1, 0.15) is 6.54 Å². The molecule has 0 amide bonds. The summed E-state index contributed by atoms with van der Waals surface area (Å²) in [5.41, 5.74) is 1.25. The number of carboxylic acid groups (broad SMARTS) is 2. The van der Waals surface area contributed by atoms with Gasteiger partial charge in [0.15, 0.2) is 0 Å². The molecule has 16 heavy (non-hydrogen) atoms. The second kappa shape index (κ2) is 5.16. The van der Waals surface area contributed by atoms with Gasteiger partial charge < -0.3 is 15.5 Å². The second-order valence-corrected chi connectivity index (χ2v) is 3.43. The minimum atomic E-state index is -0.961. The molecule has 0 aromatic heterocycles. The minimum absolute atomic E-state index is 0.190. The third kappa shape index (κ3) is 3.27. The van der Waals surface area contributed by atoms with Gasteiger partial charge in [-0.2, -0.15) is 0 Å². The lowest BCUT2D eigenvalue weighted by Gasteiger charge is -2.09. The van der Waals surface area contributed by atoms with Crippen LogP contribution in [0.25, 0.3) is 0 Å². The summed E-state index contributed by atoms with van der Waals surface area (Å²) in [7, 11) is 0. The lowest BCUT2D eigenvalue weighted by Crippen LogP contribution is -2.13. The predicted octanol–water partition coefficient (Wildman–Crippen LogP) is 1.37. The predicted molar refractivity (Wildman–Crippen MR) is 58.6 cm³/mol. The lowest BCUT2D eigenvalue weighted by atomic mass is 10.0. The van der Waals surface area contributed by atoms with E-state index in [0.29, 0.717) is 11.3 Å². The molecular weight excluding hydrogens is 210 g/mol. The van der Waals surface area contributed by atoms with Crippen molar-refractivity contribution in [3.8, 4) is 0 Å². The van der Waals surface area contributed by atoms with E-state index >= 15 is 0 Å². The molecule has 0 radical (unpaired) electrons. The fourth-order valence-electron chi connectivity index (χ4n) is 1.24. The Balaban J connectivity index is 2.78. The molecule has 1 aromatic carbocycles. The largest absolute Gasteiger partial charge is 0.481 e. The lowest BCUT2D eigenvalue weighted by molar-refractivity contribution is -0.138. The first kappa shape index (κ1) is 12.0. The van der Waals surface area contributed by atoms with Gasteiger partial charge in [0, 0.05) is 5.69 Å². The van der Waals surface area contributed by atoms with Gasteiger partial charge in [-0.15, -0.1) is 0 Å². The number of hydrogen-bond acceptors (Lipinski definition) is 3. The van der Waals surface area contributed by atoms with E-state index < -0.39 is 17.9 Å². The van der Waals surface area contributed by atoms with Crippen LogP contribution in [0.3, 0.4) is 0 Å². The number of carbonyl (C=O) groups is 2. The number of rotatable bonds is 5. The van der Waals surface area contributed by atoms with E-state index in [1.807, 2.05) is 0 Å². The van der Waals surface area contributed by atoms with Crippen LogP contribution in [0.2, 0.25) is 0 Å². The topological polar surface area (TPSA) is 86.6 Å². The van der Waals surface area contributed by atoms with Crippen molar-refractivity contribution in [2.75, 3.05) is 11.9 Å². The van der Waals surface area contributed by atoms with Gasteiger partial charge in [-0.1, -0.05) is 12.1 Å². The van der Waals surface area contributed by atoms with E-state index in [1.165, 1.54) is 0 Å². The number of nitrogens with one attached hydrogen (secondary N) is 1. The molecule has 5 heteroatoms. The molecule has 5 nitrogen and oxygen atoms in total. The quantitative estimate of drug-likeness (QED) is 0.701. The summed E-state index contributed by atoms with van der Waals surface area (Å²) in [5, 5.41) is 20.0. The van der Waals surface area contributed by atoms with Crippen LogP contribution in [0.4, 0.5) is 5.69 Å². The Hall–Kier alpha value is -2.04.